The van der Waals surface area contributed by atoms with Crippen LogP contribution in [0.4, 0.5) is 26.3 Å². The molecule has 0 aliphatic carbocycles. The highest BCUT2D eigenvalue weighted by Gasteiger charge is 2.38. The molecule has 0 unspecified atom stereocenters. The molecule has 7 nitrogen and oxygen atoms in total. The Labute approximate surface area is 124 Å². The first-order valence-corrected chi connectivity index (χ1v) is 5.73. The minimum atomic E-state index is -5.08. The summed E-state index contributed by atoms with van der Waals surface area (Å²) in [7, 11) is 0. The average molecular weight is 357 g/mol. The first kappa shape index (κ1) is 23.2. The summed E-state index contributed by atoms with van der Waals surface area (Å²) in [4.78, 5) is 28.1. The van der Waals surface area contributed by atoms with Gasteiger partial charge in [0.2, 0.25) is 0 Å². The Morgan fingerprint density at radius 2 is 1.04 bits per heavy atom. The molecule has 0 amide bonds. The molecule has 4 N–H and O–H groups in total. The molecule has 0 saturated carbocycles. The van der Waals surface area contributed by atoms with Gasteiger partial charge in [0.15, 0.2) is 0 Å². The Morgan fingerprint density at radius 3 is 1.17 bits per heavy atom. The zero-order chi connectivity index (χ0) is 18.8. The summed E-state index contributed by atoms with van der Waals surface area (Å²) in [6, 6.07) is 0. The Morgan fingerprint density at radius 1 is 0.783 bits per heavy atom. The monoisotopic (exact) mass is 357 g/mol. The van der Waals surface area contributed by atoms with E-state index < -0.39 is 30.3 Å². The normalized spacial score (nSPS) is 15.4. The molecule has 1 aliphatic heterocycles. The van der Waals surface area contributed by atoms with E-state index in [-0.39, 0.29) is 5.92 Å². The quantitative estimate of drug-likeness (QED) is 0.522. The molecule has 0 bridgehead atoms. The molecule has 0 radical (unpaired) electrons. The minimum Gasteiger partial charge on any atom is -0.481 e. The maximum absolute atomic E-state index is 10.6. The van der Waals surface area contributed by atoms with Crippen LogP contribution in [0.5, 0.6) is 0 Å². The Kier molecular flexibility index (Phi) is 9.96. The first-order chi connectivity index (χ1) is 10.2. The van der Waals surface area contributed by atoms with Crippen molar-refractivity contribution in [2.24, 2.45) is 5.92 Å². The summed E-state index contributed by atoms with van der Waals surface area (Å²) in [5.41, 5.74) is 0. The fourth-order valence-corrected chi connectivity index (χ4v) is 1.07. The summed E-state index contributed by atoms with van der Waals surface area (Å²) in [6.07, 6.45) is -8.59. The predicted octanol–water partition coefficient (Wildman–Crippen LogP) is 1.34. The number of carboxylic acids is 3. The van der Waals surface area contributed by atoms with Gasteiger partial charge >= 0.3 is 30.3 Å². The lowest BCUT2D eigenvalue weighted by molar-refractivity contribution is -0.193. The van der Waals surface area contributed by atoms with Crippen LogP contribution in [0.2, 0.25) is 0 Å². The lowest BCUT2D eigenvalue weighted by atomic mass is 9.99. The van der Waals surface area contributed by atoms with Crippen LogP contribution in [0.15, 0.2) is 0 Å². The maximum Gasteiger partial charge on any atom is 0.490 e. The number of alkyl halides is 6. The molecule has 0 atom stereocenters. The molecule has 0 aromatic rings. The van der Waals surface area contributed by atoms with Gasteiger partial charge in [-0.15, -0.1) is 0 Å². The highest BCUT2D eigenvalue weighted by molar-refractivity contribution is 5.73. The third-order valence-electron chi connectivity index (χ3n) is 2.17. The predicted molar refractivity (Wildman–Crippen MR) is 60.6 cm³/mol. The number of aliphatic carboxylic acids is 3. The van der Waals surface area contributed by atoms with Gasteiger partial charge in [-0.2, -0.15) is 26.3 Å². The second-order valence-corrected chi connectivity index (χ2v) is 3.97. The average Bonchev–Trinajstić information content (AvgIpc) is 2.38. The van der Waals surface area contributed by atoms with Gasteiger partial charge in [-0.25, -0.2) is 9.59 Å². The molecule has 13 heteroatoms. The molecule has 1 saturated heterocycles. The van der Waals surface area contributed by atoms with Crippen molar-refractivity contribution in [2.75, 3.05) is 13.1 Å². The number of carbonyl (C=O) groups is 3. The zero-order valence-corrected chi connectivity index (χ0v) is 11.2. The number of hydrogen-bond acceptors (Lipinski definition) is 4. The van der Waals surface area contributed by atoms with Gasteiger partial charge in [-0.05, 0) is 25.9 Å². The van der Waals surface area contributed by atoms with Crippen molar-refractivity contribution >= 4 is 17.9 Å². The van der Waals surface area contributed by atoms with Crippen LogP contribution >= 0.6 is 0 Å². The number of nitrogens with one attached hydrogen (secondary N) is 1. The molecule has 0 spiro atoms. The van der Waals surface area contributed by atoms with E-state index in [1.807, 2.05) is 0 Å². The lowest BCUT2D eigenvalue weighted by Crippen LogP contribution is -2.31. The molecule has 23 heavy (non-hydrogen) atoms. The molecule has 1 aliphatic rings. The molecular weight excluding hydrogens is 344 g/mol. The standard InChI is InChI=1S/C6H11NO2.2C2HF3O2/c8-6(9)5-1-3-7-4-2-5;2*3-2(4,5)1(6)7/h5,7H,1-4H2,(H,8,9);2*(H,6,7). The smallest absolute Gasteiger partial charge is 0.481 e. The molecular formula is C10H13F6NO6. The maximum atomic E-state index is 10.6. The summed E-state index contributed by atoms with van der Waals surface area (Å²) in [5.74, 6) is -6.25. The SMILES string of the molecule is O=C(O)C(F)(F)F.O=C(O)C(F)(F)F.O=C(O)C1CCNCC1. The van der Waals surface area contributed by atoms with Crippen molar-refractivity contribution in [1.82, 2.24) is 5.32 Å². The minimum absolute atomic E-state index is 0.0914. The van der Waals surface area contributed by atoms with Crippen LogP contribution in [0, 0.1) is 5.92 Å². The number of halogens is 6. The van der Waals surface area contributed by atoms with Crippen molar-refractivity contribution in [3.05, 3.63) is 0 Å². The van der Waals surface area contributed by atoms with Crippen molar-refractivity contribution in [1.29, 1.82) is 0 Å². The highest BCUT2D eigenvalue weighted by Crippen LogP contribution is 2.13. The van der Waals surface area contributed by atoms with Gasteiger partial charge < -0.3 is 20.6 Å². The van der Waals surface area contributed by atoms with E-state index >= 15 is 0 Å². The summed E-state index contributed by atoms with van der Waals surface area (Å²) in [6.45, 7) is 1.72. The van der Waals surface area contributed by atoms with Crippen LogP contribution in [0.3, 0.4) is 0 Å². The number of carboxylic acid groups (broad SMARTS) is 3. The van der Waals surface area contributed by atoms with Gasteiger partial charge in [-0.1, -0.05) is 0 Å². The summed E-state index contributed by atoms with van der Waals surface area (Å²) >= 11 is 0. The van der Waals surface area contributed by atoms with Crippen LogP contribution in [0.1, 0.15) is 12.8 Å². The van der Waals surface area contributed by atoms with Gasteiger partial charge in [0.1, 0.15) is 0 Å². The van der Waals surface area contributed by atoms with E-state index in [0.29, 0.717) is 0 Å². The van der Waals surface area contributed by atoms with Crippen LogP contribution in [-0.2, 0) is 14.4 Å². The Balaban J connectivity index is 0. The Hall–Kier alpha value is -2.05. The molecule has 0 aromatic heterocycles. The summed E-state index contributed by atoms with van der Waals surface area (Å²) in [5, 5.41) is 25.9. The van der Waals surface area contributed by atoms with E-state index in [1.165, 1.54) is 0 Å². The third-order valence-corrected chi connectivity index (χ3v) is 2.17. The number of piperidine rings is 1. The first-order valence-electron chi connectivity index (χ1n) is 5.73. The molecule has 1 heterocycles. The Bertz CT molecular complexity index is 378. The fraction of sp³-hybridized carbons (Fsp3) is 0.700. The van der Waals surface area contributed by atoms with Gasteiger partial charge in [0, 0.05) is 0 Å². The fourth-order valence-electron chi connectivity index (χ4n) is 1.07. The second-order valence-electron chi connectivity index (χ2n) is 3.97. The van der Waals surface area contributed by atoms with E-state index in [4.69, 9.17) is 24.9 Å². The van der Waals surface area contributed by atoms with E-state index in [0.717, 1.165) is 25.9 Å². The molecule has 0 aromatic carbocycles. The van der Waals surface area contributed by atoms with Gasteiger partial charge in [0.25, 0.3) is 0 Å². The summed E-state index contributed by atoms with van der Waals surface area (Å²) < 4.78 is 63.5. The van der Waals surface area contributed by atoms with Crippen molar-refractivity contribution < 1.29 is 56.0 Å². The van der Waals surface area contributed by atoms with Crippen molar-refractivity contribution in [3.63, 3.8) is 0 Å². The van der Waals surface area contributed by atoms with Crippen molar-refractivity contribution in [2.45, 2.75) is 25.2 Å². The lowest BCUT2D eigenvalue weighted by Gasteiger charge is -2.17. The zero-order valence-electron chi connectivity index (χ0n) is 11.2. The largest absolute Gasteiger partial charge is 0.490 e. The van der Waals surface area contributed by atoms with Crippen LogP contribution < -0.4 is 5.32 Å². The molecule has 1 fully saturated rings. The van der Waals surface area contributed by atoms with Crippen molar-refractivity contribution in [3.8, 4) is 0 Å². The number of rotatable bonds is 1. The van der Waals surface area contributed by atoms with Crippen LogP contribution in [0.25, 0.3) is 0 Å². The van der Waals surface area contributed by atoms with E-state index in [9.17, 15) is 31.1 Å². The van der Waals surface area contributed by atoms with Gasteiger partial charge in [-0.3, -0.25) is 4.79 Å². The highest BCUT2D eigenvalue weighted by atomic mass is 19.4. The third kappa shape index (κ3) is 13.3. The van der Waals surface area contributed by atoms with Gasteiger partial charge in [0.05, 0.1) is 5.92 Å². The van der Waals surface area contributed by atoms with Crippen LogP contribution in [-0.4, -0.2) is 58.7 Å². The topological polar surface area (TPSA) is 124 Å². The number of hydrogen-bond donors (Lipinski definition) is 4. The van der Waals surface area contributed by atoms with E-state index in [1.54, 1.807) is 0 Å². The second kappa shape index (κ2) is 9.86. The molecule has 1 rings (SSSR count). The van der Waals surface area contributed by atoms with E-state index in [2.05, 4.69) is 5.32 Å². The molecule has 136 valence electrons.